The number of rotatable bonds is 14. The molecular weight excluding hydrogens is 732 g/mol. The van der Waals surface area contributed by atoms with Crippen LogP contribution in [-0.2, 0) is 33.2 Å². The lowest BCUT2D eigenvalue weighted by atomic mass is 9.45. The normalized spacial score (nSPS) is 46.1. The van der Waals surface area contributed by atoms with Crippen molar-refractivity contribution in [2.24, 2.45) is 28.6 Å². The van der Waals surface area contributed by atoms with E-state index in [0.717, 1.165) is 25.7 Å². The molecular formula is C37H62O18. The van der Waals surface area contributed by atoms with Crippen molar-refractivity contribution in [2.75, 3.05) is 19.8 Å². The first kappa shape index (κ1) is 44.7. The van der Waals surface area contributed by atoms with Gasteiger partial charge in [-0.3, -0.25) is 4.79 Å². The quantitative estimate of drug-likeness (QED) is 0.0675. The van der Waals surface area contributed by atoms with Crippen molar-refractivity contribution < 1.29 is 89.4 Å². The SMILES string of the molecule is C=C1CC2CCC3[C@](C)(C(=O)O)CCC[C@@]3(C)[C@@H]2CCC1OC(OC(CO)C(C)O)C(OC1OC(CO)C(O)C(O)C1O)OC1OC(CO)C(O)C(O)C1O. The van der Waals surface area contributed by atoms with Crippen LogP contribution in [0.1, 0.15) is 72.1 Å². The van der Waals surface area contributed by atoms with Gasteiger partial charge < -0.3 is 84.6 Å². The van der Waals surface area contributed by atoms with Gasteiger partial charge in [0.25, 0.3) is 0 Å². The molecule has 2 heterocycles. The van der Waals surface area contributed by atoms with E-state index in [2.05, 4.69) is 13.5 Å². The van der Waals surface area contributed by atoms with Crippen molar-refractivity contribution >= 4 is 5.97 Å². The summed E-state index contributed by atoms with van der Waals surface area (Å²) in [6, 6.07) is 0. The van der Waals surface area contributed by atoms with Gasteiger partial charge in [0.2, 0.25) is 12.6 Å². The van der Waals surface area contributed by atoms with Gasteiger partial charge in [0.05, 0.1) is 37.4 Å². The minimum atomic E-state index is -1.98. The zero-order valence-electron chi connectivity index (χ0n) is 31.7. The molecule has 0 aromatic heterocycles. The molecule has 5 aliphatic rings. The Kier molecular flexibility index (Phi) is 14.8. The first-order chi connectivity index (χ1) is 25.9. The van der Waals surface area contributed by atoms with Crippen LogP contribution in [0.4, 0.5) is 0 Å². The predicted octanol–water partition coefficient (Wildman–Crippen LogP) is -1.92. The number of carbonyl (C=O) groups is 1. The molecule has 318 valence electrons. The number of carboxylic acids is 1. The molecule has 5 rings (SSSR count). The molecule has 0 bridgehead atoms. The Morgan fingerprint density at radius 3 is 1.85 bits per heavy atom. The Balaban J connectivity index is 1.47. The van der Waals surface area contributed by atoms with E-state index in [1.54, 1.807) is 0 Å². The second-order valence-corrected chi connectivity index (χ2v) is 16.6. The third-order valence-corrected chi connectivity index (χ3v) is 13.2. The molecule has 0 spiro atoms. The molecule has 11 N–H and O–H groups in total. The Morgan fingerprint density at radius 1 is 0.800 bits per heavy atom. The maximum absolute atomic E-state index is 12.6. The summed E-state index contributed by atoms with van der Waals surface area (Å²) in [4.78, 5) is 12.6. The molecule has 18 heteroatoms. The first-order valence-corrected chi connectivity index (χ1v) is 19.3. The van der Waals surface area contributed by atoms with Crippen LogP contribution in [0.25, 0.3) is 0 Å². The molecule has 3 aliphatic carbocycles. The fourth-order valence-corrected chi connectivity index (χ4v) is 9.95. The van der Waals surface area contributed by atoms with Crippen molar-refractivity contribution in [1.82, 2.24) is 0 Å². The molecule has 0 amide bonds. The highest BCUT2D eigenvalue weighted by molar-refractivity contribution is 5.75. The van der Waals surface area contributed by atoms with Crippen LogP contribution in [0.3, 0.4) is 0 Å². The smallest absolute Gasteiger partial charge is 0.309 e. The summed E-state index contributed by atoms with van der Waals surface area (Å²) in [6.45, 7) is 7.40. The molecule has 19 atom stereocenters. The molecule has 0 radical (unpaired) electrons. The molecule has 3 saturated carbocycles. The lowest BCUT2D eigenvalue weighted by molar-refractivity contribution is -0.416. The lowest BCUT2D eigenvalue weighted by Crippen LogP contribution is -2.62. The predicted molar refractivity (Wildman–Crippen MR) is 186 cm³/mol. The monoisotopic (exact) mass is 794 g/mol. The Labute approximate surface area is 320 Å². The van der Waals surface area contributed by atoms with Crippen LogP contribution in [0.15, 0.2) is 12.2 Å². The van der Waals surface area contributed by atoms with Crippen LogP contribution in [0, 0.1) is 28.6 Å². The number of aliphatic hydroxyl groups excluding tert-OH is 10. The van der Waals surface area contributed by atoms with Gasteiger partial charge in [0.1, 0.15) is 54.9 Å². The molecule has 2 saturated heterocycles. The van der Waals surface area contributed by atoms with Crippen LogP contribution in [0.5, 0.6) is 0 Å². The summed E-state index contributed by atoms with van der Waals surface area (Å²) in [5, 5.41) is 114. The van der Waals surface area contributed by atoms with Crippen LogP contribution >= 0.6 is 0 Å². The van der Waals surface area contributed by atoms with Gasteiger partial charge in [-0.15, -0.1) is 0 Å². The van der Waals surface area contributed by atoms with E-state index in [1.165, 1.54) is 6.92 Å². The van der Waals surface area contributed by atoms with Crippen molar-refractivity contribution in [3.8, 4) is 0 Å². The number of carboxylic acid groups (broad SMARTS) is 1. The van der Waals surface area contributed by atoms with Crippen LogP contribution in [0.2, 0.25) is 0 Å². The van der Waals surface area contributed by atoms with Crippen LogP contribution < -0.4 is 0 Å². The number of ether oxygens (including phenoxy) is 6. The van der Waals surface area contributed by atoms with Gasteiger partial charge in [0.15, 0.2) is 12.6 Å². The maximum atomic E-state index is 12.6. The van der Waals surface area contributed by atoms with Gasteiger partial charge in [-0.1, -0.05) is 19.9 Å². The minimum Gasteiger partial charge on any atom is -0.481 e. The maximum Gasteiger partial charge on any atom is 0.309 e. The highest BCUT2D eigenvalue weighted by Crippen LogP contribution is 2.63. The summed E-state index contributed by atoms with van der Waals surface area (Å²) < 4.78 is 35.7. The van der Waals surface area contributed by atoms with Gasteiger partial charge in [0, 0.05) is 0 Å². The highest BCUT2D eigenvalue weighted by Gasteiger charge is 2.59. The van der Waals surface area contributed by atoms with E-state index in [0.29, 0.717) is 31.3 Å². The largest absolute Gasteiger partial charge is 0.481 e. The summed E-state index contributed by atoms with van der Waals surface area (Å²) in [5.41, 5.74) is -0.459. The van der Waals surface area contributed by atoms with Gasteiger partial charge in [-0.2, -0.15) is 0 Å². The average molecular weight is 795 g/mol. The van der Waals surface area contributed by atoms with E-state index in [1.807, 2.05) is 6.92 Å². The fourth-order valence-electron chi connectivity index (χ4n) is 9.95. The number of hydrogen-bond donors (Lipinski definition) is 11. The number of hydrogen-bond acceptors (Lipinski definition) is 17. The van der Waals surface area contributed by atoms with Gasteiger partial charge in [-0.05, 0) is 87.5 Å². The van der Waals surface area contributed by atoms with E-state index in [4.69, 9.17) is 28.4 Å². The molecule has 0 aromatic carbocycles. The molecule has 16 unspecified atom stereocenters. The number of aliphatic hydroxyl groups is 10. The Bertz CT molecular complexity index is 1250. The Morgan fingerprint density at radius 2 is 1.36 bits per heavy atom. The third-order valence-electron chi connectivity index (χ3n) is 13.2. The van der Waals surface area contributed by atoms with Crippen molar-refractivity contribution in [1.29, 1.82) is 0 Å². The van der Waals surface area contributed by atoms with Gasteiger partial charge >= 0.3 is 5.97 Å². The zero-order chi connectivity index (χ0) is 40.6. The van der Waals surface area contributed by atoms with Gasteiger partial charge in [-0.25, -0.2) is 0 Å². The second-order valence-electron chi connectivity index (χ2n) is 16.6. The van der Waals surface area contributed by atoms with Crippen LogP contribution in [-0.4, -0.2) is 174 Å². The summed E-state index contributed by atoms with van der Waals surface area (Å²) in [6.07, 6.45) is -19.7. The van der Waals surface area contributed by atoms with E-state index >= 15 is 0 Å². The second kappa shape index (κ2) is 18.2. The fraction of sp³-hybridized carbons (Fsp3) is 0.919. The van der Waals surface area contributed by atoms with E-state index in [-0.39, 0.29) is 23.2 Å². The zero-order valence-corrected chi connectivity index (χ0v) is 31.7. The highest BCUT2D eigenvalue weighted by atomic mass is 16.8. The standard InChI is InChI=1S/C37H62O18/c1-16-12-18-6-9-24-36(3,10-5-11-37(24,4)35(48)49)19(18)7-8-20(16)50-33(51-21(13-38)17(2)41)34(54-31-29(46)27(44)25(42)22(14-39)52-31)55-32-30(47)28(45)26(43)23(15-40)53-32/h17-34,38-47H,1,5-15H2,2-4H3,(H,48,49)/t17?,18?,19-,20?,21?,22?,23?,24?,25?,26?,27?,28?,29?,30?,31?,32?,33?,34?,36+,37-/m1/s1. The van der Waals surface area contributed by atoms with Crippen molar-refractivity contribution in [3.05, 3.63) is 12.2 Å². The van der Waals surface area contributed by atoms with E-state index < -0.39 is 124 Å². The minimum absolute atomic E-state index is 0.0334. The molecule has 2 aliphatic heterocycles. The molecule has 0 aromatic rings. The Hall–Kier alpha value is -1.43. The molecule has 18 nitrogen and oxygen atoms in total. The number of aliphatic carboxylic acids is 1. The first-order valence-electron chi connectivity index (χ1n) is 19.3. The molecule has 5 fully saturated rings. The topological polar surface area (TPSA) is 295 Å². The average Bonchev–Trinajstić information content (AvgIpc) is 3.31. The van der Waals surface area contributed by atoms with Crippen molar-refractivity contribution in [3.63, 3.8) is 0 Å². The lowest BCUT2D eigenvalue weighted by Gasteiger charge is -2.58. The number of fused-ring (bicyclic) bond motifs is 3. The van der Waals surface area contributed by atoms with Crippen molar-refractivity contribution in [2.45, 2.75) is 164 Å². The summed E-state index contributed by atoms with van der Waals surface area (Å²) >= 11 is 0. The third kappa shape index (κ3) is 8.95. The van der Waals surface area contributed by atoms with E-state index in [9.17, 15) is 61.0 Å². The summed E-state index contributed by atoms with van der Waals surface area (Å²) in [5.74, 6) is -0.521. The molecule has 55 heavy (non-hydrogen) atoms. The summed E-state index contributed by atoms with van der Waals surface area (Å²) in [7, 11) is 0.